The first-order valence-electron chi connectivity index (χ1n) is 7.43. The van der Waals surface area contributed by atoms with Crippen LogP contribution in [-0.4, -0.2) is 62.3 Å². The average Bonchev–Trinajstić information content (AvgIpc) is 2.49. The Labute approximate surface area is 121 Å². The molecule has 3 rings (SSSR count). The highest BCUT2D eigenvalue weighted by Gasteiger charge is 2.35. The predicted octanol–water partition coefficient (Wildman–Crippen LogP) is 1.60. The third kappa shape index (κ3) is 2.97. The van der Waals surface area contributed by atoms with E-state index >= 15 is 0 Å². The minimum Gasteiger partial charge on any atom is -0.497 e. The highest BCUT2D eigenvalue weighted by molar-refractivity contribution is 5.27. The topological polar surface area (TPSA) is 24.9 Å². The molecule has 0 aliphatic carbocycles. The molecule has 2 heterocycles. The van der Waals surface area contributed by atoms with Gasteiger partial charge < -0.3 is 9.47 Å². The molecule has 0 spiro atoms. The van der Waals surface area contributed by atoms with Crippen LogP contribution in [0.4, 0.5) is 0 Å². The molecule has 0 radical (unpaired) electrons. The van der Waals surface area contributed by atoms with Crippen molar-refractivity contribution in [1.82, 2.24) is 9.80 Å². The molecule has 0 amide bonds. The number of nitrogens with zero attached hydrogens (tertiary/aromatic N) is 2. The molecule has 4 nitrogen and oxygen atoms in total. The molecule has 0 unspecified atom stereocenters. The monoisotopic (exact) mass is 276 g/mol. The molecule has 0 N–H and O–H groups in total. The highest BCUT2D eigenvalue weighted by atomic mass is 16.5. The Morgan fingerprint density at radius 3 is 2.80 bits per heavy atom. The predicted molar refractivity (Wildman–Crippen MR) is 79.0 cm³/mol. The van der Waals surface area contributed by atoms with E-state index in [2.05, 4.69) is 29.0 Å². The molecule has 0 saturated carbocycles. The number of morpholine rings is 1. The zero-order chi connectivity index (χ0) is 13.9. The molecule has 2 fully saturated rings. The van der Waals surface area contributed by atoms with E-state index in [1.807, 2.05) is 12.1 Å². The Morgan fingerprint density at radius 1 is 1.25 bits per heavy atom. The normalized spacial score (nSPS) is 28.1. The first-order chi connectivity index (χ1) is 9.76. The van der Waals surface area contributed by atoms with Crippen molar-refractivity contribution in [3.63, 3.8) is 0 Å². The van der Waals surface area contributed by atoms with Crippen LogP contribution in [0.15, 0.2) is 24.3 Å². The second-order valence-corrected chi connectivity index (χ2v) is 5.83. The molecule has 1 aromatic rings. The summed E-state index contributed by atoms with van der Waals surface area (Å²) in [4.78, 5) is 4.99. The van der Waals surface area contributed by atoms with Crippen LogP contribution in [0.2, 0.25) is 0 Å². The van der Waals surface area contributed by atoms with Crippen molar-refractivity contribution >= 4 is 0 Å². The molecular weight excluding hydrogens is 252 g/mol. The molecule has 1 aromatic carbocycles. The van der Waals surface area contributed by atoms with Crippen molar-refractivity contribution in [2.75, 3.05) is 40.4 Å². The molecule has 20 heavy (non-hydrogen) atoms. The zero-order valence-corrected chi connectivity index (χ0v) is 12.4. The summed E-state index contributed by atoms with van der Waals surface area (Å²) in [7, 11) is 3.93. The number of likely N-dealkylation sites (tertiary alicyclic amines) is 1. The van der Waals surface area contributed by atoms with Crippen molar-refractivity contribution in [1.29, 1.82) is 0 Å². The number of likely N-dealkylation sites (N-methyl/N-ethyl adjacent to an activating group) is 1. The van der Waals surface area contributed by atoms with E-state index in [9.17, 15) is 0 Å². The summed E-state index contributed by atoms with van der Waals surface area (Å²) < 4.78 is 11.1. The molecule has 2 aliphatic heterocycles. The molecule has 2 atom stereocenters. The summed E-state index contributed by atoms with van der Waals surface area (Å²) in [5.41, 5.74) is 1.35. The van der Waals surface area contributed by atoms with Crippen LogP contribution in [0.25, 0.3) is 0 Å². The lowest BCUT2D eigenvalue weighted by molar-refractivity contribution is -0.0956. The van der Waals surface area contributed by atoms with Gasteiger partial charge in [-0.05, 0) is 31.2 Å². The number of hydrogen-bond donors (Lipinski definition) is 0. The van der Waals surface area contributed by atoms with Gasteiger partial charge in [0.05, 0.1) is 19.8 Å². The van der Waals surface area contributed by atoms with Gasteiger partial charge in [-0.15, -0.1) is 0 Å². The Morgan fingerprint density at radius 2 is 2.05 bits per heavy atom. The number of piperidine rings is 1. The van der Waals surface area contributed by atoms with Gasteiger partial charge in [-0.2, -0.15) is 0 Å². The number of benzene rings is 1. The van der Waals surface area contributed by atoms with Crippen LogP contribution in [-0.2, 0) is 11.3 Å². The van der Waals surface area contributed by atoms with Crippen LogP contribution < -0.4 is 4.74 Å². The summed E-state index contributed by atoms with van der Waals surface area (Å²) in [5.74, 6) is 0.924. The van der Waals surface area contributed by atoms with E-state index < -0.39 is 0 Å². The van der Waals surface area contributed by atoms with Crippen molar-refractivity contribution < 1.29 is 9.47 Å². The molecule has 4 heteroatoms. The van der Waals surface area contributed by atoms with Crippen LogP contribution in [0.3, 0.4) is 0 Å². The summed E-state index contributed by atoms with van der Waals surface area (Å²) in [6, 6.07) is 8.95. The van der Waals surface area contributed by atoms with Crippen LogP contribution >= 0.6 is 0 Å². The molecule has 2 aliphatic rings. The lowest BCUT2D eigenvalue weighted by Crippen LogP contribution is -2.58. The van der Waals surface area contributed by atoms with Gasteiger partial charge in [-0.25, -0.2) is 0 Å². The molecular formula is C16H24N2O2. The number of fused-ring (bicyclic) bond motifs is 1. The van der Waals surface area contributed by atoms with Crippen molar-refractivity contribution in [3.8, 4) is 5.75 Å². The van der Waals surface area contributed by atoms with Crippen molar-refractivity contribution in [3.05, 3.63) is 29.8 Å². The summed E-state index contributed by atoms with van der Waals surface area (Å²) >= 11 is 0. The molecule has 0 bridgehead atoms. The lowest BCUT2D eigenvalue weighted by atomic mass is 9.98. The zero-order valence-electron chi connectivity index (χ0n) is 12.4. The van der Waals surface area contributed by atoms with Crippen LogP contribution in [0.1, 0.15) is 12.0 Å². The maximum absolute atomic E-state index is 5.90. The number of rotatable bonds is 3. The number of hydrogen-bond acceptors (Lipinski definition) is 4. The lowest BCUT2D eigenvalue weighted by Gasteiger charge is -2.45. The van der Waals surface area contributed by atoms with E-state index in [4.69, 9.17) is 9.47 Å². The first kappa shape index (κ1) is 13.9. The average molecular weight is 276 g/mol. The van der Waals surface area contributed by atoms with E-state index in [1.54, 1.807) is 7.11 Å². The maximum atomic E-state index is 5.90. The van der Waals surface area contributed by atoms with Gasteiger partial charge in [-0.3, -0.25) is 9.80 Å². The third-order valence-corrected chi connectivity index (χ3v) is 4.51. The van der Waals surface area contributed by atoms with E-state index in [0.717, 1.165) is 45.0 Å². The van der Waals surface area contributed by atoms with Crippen LogP contribution in [0.5, 0.6) is 5.75 Å². The summed E-state index contributed by atoms with van der Waals surface area (Å²) in [5, 5.41) is 0. The summed E-state index contributed by atoms with van der Waals surface area (Å²) in [6.07, 6.45) is 1.58. The second kappa shape index (κ2) is 6.12. The Bertz CT molecular complexity index is 435. The van der Waals surface area contributed by atoms with E-state index in [0.29, 0.717) is 12.1 Å². The summed E-state index contributed by atoms with van der Waals surface area (Å²) in [6.45, 7) is 5.18. The fourth-order valence-corrected chi connectivity index (χ4v) is 3.24. The fourth-order valence-electron chi connectivity index (χ4n) is 3.24. The van der Waals surface area contributed by atoms with Gasteiger partial charge in [0.15, 0.2) is 0 Å². The standard InChI is InChI=1S/C16H24N2O2/c1-17-9-10-20-16-7-8-18(12-15(16)17)11-13-3-5-14(19-2)6-4-13/h3-6,15-16H,7-12H2,1-2H3/t15-,16-/m1/s1. The number of methoxy groups -OCH3 is 1. The minimum absolute atomic E-state index is 0.431. The smallest absolute Gasteiger partial charge is 0.118 e. The fraction of sp³-hybridized carbons (Fsp3) is 0.625. The Hall–Kier alpha value is -1.10. The van der Waals surface area contributed by atoms with E-state index in [1.165, 1.54) is 5.56 Å². The maximum Gasteiger partial charge on any atom is 0.118 e. The molecule has 0 aromatic heterocycles. The van der Waals surface area contributed by atoms with Gasteiger partial charge in [0.25, 0.3) is 0 Å². The second-order valence-electron chi connectivity index (χ2n) is 5.83. The molecule has 110 valence electrons. The van der Waals surface area contributed by atoms with Crippen LogP contribution in [0, 0.1) is 0 Å². The van der Waals surface area contributed by atoms with Gasteiger partial charge in [0.1, 0.15) is 5.75 Å². The largest absolute Gasteiger partial charge is 0.497 e. The molecule has 2 saturated heterocycles. The van der Waals surface area contributed by atoms with Crippen molar-refractivity contribution in [2.45, 2.75) is 25.1 Å². The van der Waals surface area contributed by atoms with Crippen molar-refractivity contribution in [2.24, 2.45) is 0 Å². The van der Waals surface area contributed by atoms with Gasteiger partial charge in [0, 0.05) is 32.2 Å². The van der Waals surface area contributed by atoms with Gasteiger partial charge >= 0.3 is 0 Å². The van der Waals surface area contributed by atoms with Gasteiger partial charge in [-0.1, -0.05) is 12.1 Å². The quantitative estimate of drug-likeness (QED) is 0.837. The number of ether oxygens (including phenoxy) is 2. The minimum atomic E-state index is 0.431. The van der Waals surface area contributed by atoms with Gasteiger partial charge in [0.2, 0.25) is 0 Å². The van der Waals surface area contributed by atoms with E-state index in [-0.39, 0.29) is 0 Å². The highest BCUT2D eigenvalue weighted by Crippen LogP contribution is 2.23. The SMILES string of the molecule is COc1ccc(CN2CC[C@H]3OCCN(C)[C@@H]3C2)cc1. The first-order valence-corrected chi connectivity index (χ1v) is 7.43. The Kier molecular flexibility index (Phi) is 4.24. The third-order valence-electron chi connectivity index (χ3n) is 4.51. The Balaban J connectivity index is 1.60.